The van der Waals surface area contributed by atoms with Crippen LogP contribution in [0.1, 0.15) is 5.56 Å². The predicted octanol–water partition coefficient (Wildman–Crippen LogP) is 2.75. The summed E-state index contributed by atoms with van der Waals surface area (Å²) in [6.07, 6.45) is 3.64. The van der Waals surface area contributed by atoms with Crippen LogP contribution in [0.3, 0.4) is 0 Å². The molecule has 0 unspecified atom stereocenters. The molecule has 2 aliphatic rings. The molecule has 0 radical (unpaired) electrons. The fraction of sp³-hybridized carbons (Fsp3) is 0.214. The third-order valence-corrected chi connectivity index (χ3v) is 5.66. The number of hydrogen-bond donors (Lipinski definition) is 0. The Morgan fingerprint density at radius 2 is 1.75 bits per heavy atom. The van der Waals surface area contributed by atoms with Gasteiger partial charge in [0.1, 0.15) is 5.41 Å². The Balaban J connectivity index is 2.11. The predicted molar refractivity (Wildman–Crippen MR) is 81.6 cm³/mol. The van der Waals surface area contributed by atoms with Gasteiger partial charge in [-0.15, -0.1) is 0 Å². The van der Waals surface area contributed by atoms with Crippen LogP contribution < -0.4 is 4.90 Å². The molecule has 1 aromatic rings. The van der Waals surface area contributed by atoms with Crippen LogP contribution in [0.15, 0.2) is 42.8 Å². The standard InChI is InChI=1S/C14H10ClF3N2O3S/c1-19-10-4-2-3-9(15)11(10)13(12(19)21)5-7-20(8-6-13)24(22,23)14(16,17)18/h2-8H,1H3. The third kappa shape index (κ3) is 2.07. The van der Waals surface area contributed by atoms with Gasteiger partial charge >= 0.3 is 15.5 Å². The second kappa shape index (κ2) is 5.00. The maximum Gasteiger partial charge on any atom is 0.517 e. The zero-order chi connectivity index (χ0) is 17.9. The normalized spacial score (nSPS) is 19.3. The number of halogens is 4. The van der Waals surface area contributed by atoms with Crippen molar-refractivity contribution in [2.45, 2.75) is 10.9 Å². The van der Waals surface area contributed by atoms with E-state index in [2.05, 4.69) is 0 Å². The summed E-state index contributed by atoms with van der Waals surface area (Å²) < 4.78 is 60.8. The molecule has 1 amide bonds. The van der Waals surface area contributed by atoms with Crippen LogP contribution in [0.2, 0.25) is 5.02 Å². The molecule has 0 bridgehead atoms. The number of sulfonamides is 1. The molecule has 5 nitrogen and oxygen atoms in total. The number of alkyl halides is 3. The van der Waals surface area contributed by atoms with Crippen LogP contribution in [0.25, 0.3) is 0 Å². The zero-order valence-electron chi connectivity index (χ0n) is 12.1. The van der Waals surface area contributed by atoms with Gasteiger partial charge in [-0.3, -0.25) is 4.79 Å². The van der Waals surface area contributed by atoms with E-state index in [0.29, 0.717) is 23.7 Å². The van der Waals surface area contributed by atoms with E-state index in [4.69, 9.17) is 11.6 Å². The molecule has 2 aliphatic heterocycles. The molecule has 0 N–H and O–H groups in total. The van der Waals surface area contributed by atoms with Crippen molar-refractivity contribution >= 4 is 33.2 Å². The fourth-order valence-electron chi connectivity index (χ4n) is 2.77. The second-order valence-electron chi connectivity index (χ2n) is 5.28. The molecule has 10 heteroatoms. The Hall–Kier alpha value is -2.00. The molecule has 0 aliphatic carbocycles. The molecule has 0 fully saturated rings. The quantitative estimate of drug-likeness (QED) is 0.755. The van der Waals surface area contributed by atoms with Gasteiger partial charge in [0.05, 0.1) is 0 Å². The second-order valence-corrected chi connectivity index (χ2v) is 7.52. The number of anilines is 1. The van der Waals surface area contributed by atoms with Gasteiger partial charge < -0.3 is 4.90 Å². The SMILES string of the molecule is CN1C(=O)C2(C=CN(S(=O)(=O)C(F)(F)F)C=C2)c2c(Cl)cccc21. The summed E-state index contributed by atoms with van der Waals surface area (Å²) in [6, 6.07) is 4.84. The molecular formula is C14H10ClF3N2O3S. The van der Waals surface area contributed by atoms with E-state index in [1.165, 1.54) is 11.9 Å². The van der Waals surface area contributed by atoms with Gasteiger partial charge in [-0.1, -0.05) is 17.7 Å². The summed E-state index contributed by atoms with van der Waals surface area (Å²) in [5, 5.41) is 0.256. The van der Waals surface area contributed by atoms with Gasteiger partial charge in [0.2, 0.25) is 5.91 Å². The first-order valence-corrected chi connectivity index (χ1v) is 8.40. The third-order valence-electron chi connectivity index (χ3n) is 3.96. The lowest BCUT2D eigenvalue weighted by molar-refractivity contribution is -0.120. The minimum atomic E-state index is -5.56. The topological polar surface area (TPSA) is 57.7 Å². The summed E-state index contributed by atoms with van der Waals surface area (Å²) in [5.74, 6) is -0.442. The molecule has 0 saturated heterocycles. The number of hydrogen-bond acceptors (Lipinski definition) is 3. The number of carbonyl (C=O) groups excluding carboxylic acids is 1. The largest absolute Gasteiger partial charge is 0.517 e. The maximum atomic E-state index is 12.6. The molecule has 1 spiro atoms. The number of rotatable bonds is 1. The van der Waals surface area contributed by atoms with Crippen molar-refractivity contribution in [3.8, 4) is 0 Å². The van der Waals surface area contributed by atoms with Crippen molar-refractivity contribution < 1.29 is 26.4 Å². The van der Waals surface area contributed by atoms with E-state index >= 15 is 0 Å². The van der Waals surface area contributed by atoms with Crippen molar-refractivity contribution in [3.63, 3.8) is 0 Å². The van der Waals surface area contributed by atoms with Crippen molar-refractivity contribution in [3.05, 3.63) is 53.3 Å². The van der Waals surface area contributed by atoms with Crippen LogP contribution in [-0.2, 0) is 20.2 Å². The fourth-order valence-corrected chi connectivity index (χ4v) is 3.78. The molecule has 0 atom stereocenters. The Kier molecular flexibility index (Phi) is 3.51. The molecule has 128 valence electrons. The lowest BCUT2D eigenvalue weighted by Gasteiger charge is -2.28. The number of likely N-dealkylation sites (N-methyl/N-ethyl adjacent to an activating group) is 1. The molecule has 3 rings (SSSR count). The van der Waals surface area contributed by atoms with E-state index in [-0.39, 0.29) is 9.33 Å². The first-order valence-electron chi connectivity index (χ1n) is 6.58. The van der Waals surface area contributed by atoms with Crippen LogP contribution in [0, 0.1) is 0 Å². The summed E-state index contributed by atoms with van der Waals surface area (Å²) in [4.78, 5) is 13.9. The van der Waals surface area contributed by atoms with Gasteiger partial charge in [-0.2, -0.15) is 21.6 Å². The van der Waals surface area contributed by atoms with E-state index in [0.717, 1.165) is 12.2 Å². The Morgan fingerprint density at radius 1 is 1.17 bits per heavy atom. The zero-order valence-corrected chi connectivity index (χ0v) is 13.7. The molecular weight excluding hydrogens is 369 g/mol. The summed E-state index contributed by atoms with van der Waals surface area (Å²) in [5.41, 5.74) is -5.97. The number of fused-ring (bicyclic) bond motifs is 2. The minimum absolute atomic E-state index is 0.0281. The Labute approximate surface area is 140 Å². The molecule has 0 aromatic heterocycles. The highest BCUT2D eigenvalue weighted by Gasteiger charge is 2.52. The van der Waals surface area contributed by atoms with Gasteiger partial charge in [-0.05, 0) is 24.3 Å². The van der Waals surface area contributed by atoms with Crippen molar-refractivity contribution in [1.29, 1.82) is 0 Å². The van der Waals surface area contributed by atoms with Crippen LogP contribution in [-0.4, -0.2) is 31.2 Å². The Morgan fingerprint density at radius 3 is 2.29 bits per heavy atom. The highest BCUT2D eigenvalue weighted by molar-refractivity contribution is 7.90. The van der Waals surface area contributed by atoms with Gasteiger partial charge in [-0.25, -0.2) is 4.31 Å². The van der Waals surface area contributed by atoms with E-state index in [1.807, 2.05) is 0 Å². The minimum Gasteiger partial charge on any atom is -0.314 e. The highest BCUT2D eigenvalue weighted by Crippen LogP contribution is 2.48. The number of benzene rings is 1. The number of nitrogens with zero attached hydrogens (tertiary/aromatic N) is 2. The average molecular weight is 379 g/mol. The summed E-state index contributed by atoms with van der Waals surface area (Å²) in [7, 11) is -4.06. The number of amides is 1. The van der Waals surface area contributed by atoms with Gasteiger partial charge in [0.25, 0.3) is 0 Å². The molecule has 1 aromatic carbocycles. The average Bonchev–Trinajstić information content (AvgIpc) is 2.71. The lowest BCUT2D eigenvalue weighted by Crippen LogP contribution is -2.41. The first kappa shape index (κ1) is 16.8. The van der Waals surface area contributed by atoms with E-state index in [9.17, 15) is 26.4 Å². The van der Waals surface area contributed by atoms with Crippen LogP contribution >= 0.6 is 11.6 Å². The summed E-state index contributed by atoms with van der Waals surface area (Å²) in [6.45, 7) is 0. The van der Waals surface area contributed by atoms with Gasteiger partial charge in [0.15, 0.2) is 0 Å². The molecule has 24 heavy (non-hydrogen) atoms. The highest BCUT2D eigenvalue weighted by atomic mass is 35.5. The van der Waals surface area contributed by atoms with E-state index < -0.39 is 26.9 Å². The molecule has 2 heterocycles. The Bertz CT molecular complexity index is 879. The smallest absolute Gasteiger partial charge is 0.314 e. The maximum absolute atomic E-state index is 12.6. The summed E-state index contributed by atoms with van der Waals surface area (Å²) >= 11 is 6.16. The van der Waals surface area contributed by atoms with Crippen molar-refractivity contribution in [1.82, 2.24) is 4.31 Å². The van der Waals surface area contributed by atoms with E-state index in [1.54, 1.807) is 18.2 Å². The van der Waals surface area contributed by atoms with Gasteiger partial charge in [0, 0.05) is 35.7 Å². The van der Waals surface area contributed by atoms with Crippen LogP contribution in [0.5, 0.6) is 0 Å². The molecule has 0 saturated carbocycles. The number of carbonyl (C=O) groups is 1. The van der Waals surface area contributed by atoms with Crippen molar-refractivity contribution in [2.75, 3.05) is 11.9 Å². The van der Waals surface area contributed by atoms with Crippen molar-refractivity contribution in [2.24, 2.45) is 0 Å². The monoisotopic (exact) mass is 378 g/mol. The first-order chi connectivity index (χ1) is 11.0. The van der Waals surface area contributed by atoms with Crippen LogP contribution in [0.4, 0.5) is 18.9 Å². The lowest BCUT2D eigenvalue weighted by atomic mass is 9.80.